The Morgan fingerprint density at radius 1 is 0.466 bits per heavy atom. The summed E-state index contributed by atoms with van der Waals surface area (Å²) in [7, 11) is 0. The zero-order valence-corrected chi connectivity index (χ0v) is 83.1. The van der Waals surface area contributed by atoms with E-state index >= 15 is 0 Å². The molecule has 27 heteroatoms. The average molecular weight is 2450 g/mol. The van der Waals surface area contributed by atoms with Gasteiger partial charge in [0.1, 0.15) is 0 Å². The van der Waals surface area contributed by atoms with E-state index in [0.717, 1.165) is 120 Å². The zero-order chi connectivity index (χ0) is 74.2. The molecule has 0 atom stereocenters. The van der Waals surface area contributed by atoms with E-state index < -0.39 is 17.8 Å². The first-order chi connectivity index (χ1) is 46.8. The van der Waals surface area contributed by atoms with Crippen LogP contribution in [-0.4, -0.2) is 93.9 Å². The number of hydrogen-bond donors (Lipinski definition) is 0. The molecule has 103 heavy (non-hydrogen) atoms. The number of carbonyl (C=O) groups excluding carboxylic acids is 4. The van der Waals surface area contributed by atoms with Crippen molar-refractivity contribution in [1.82, 2.24) is 64.9 Å². The van der Waals surface area contributed by atoms with Crippen LogP contribution in [0.5, 0.6) is 0 Å². The number of hydrogen-bond acceptors (Lipinski definition) is 20. The van der Waals surface area contributed by atoms with E-state index in [-0.39, 0.29) is 146 Å². The Hall–Kier alpha value is -5.16. The molecule has 1 aliphatic heterocycles. The first-order valence-electron chi connectivity index (χ1n) is 33.4. The molecule has 2 amide bonds. The van der Waals surface area contributed by atoms with Crippen LogP contribution in [-0.2, 0) is 189 Å². The van der Waals surface area contributed by atoms with Gasteiger partial charge in [-0.25, -0.2) is 9.59 Å². The van der Waals surface area contributed by atoms with E-state index in [1.54, 1.807) is 19.1 Å². The quantitative estimate of drug-likeness (QED) is 0.0341. The maximum atomic E-state index is 10.9. The van der Waals surface area contributed by atoms with Gasteiger partial charge >= 0.3 is 5.97 Å². The van der Waals surface area contributed by atoms with Crippen LogP contribution in [0.25, 0.3) is 0 Å². The van der Waals surface area contributed by atoms with Gasteiger partial charge in [0.25, 0.3) is 11.8 Å². The number of aromatic nitrogens is 12. The van der Waals surface area contributed by atoms with Crippen LogP contribution in [0.15, 0.2) is 94.9 Å². The number of aliphatic imine (C=N–C) groups is 2. The summed E-state index contributed by atoms with van der Waals surface area (Å²) >= 11 is 4.45. The molecular formula is C76H107N15O5SW6-6. The second-order valence-electron chi connectivity index (χ2n) is 19.1. The molecule has 0 radical (unpaired) electrons. The van der Waals surface area contributed by atoms with E-state index in [4.69, 9.17) is 0 Å². The fourth-order valence-corrected chi connectivity index (χ4v) is 6.80. The number of benzene rings is 2. The van der Waals surface area contributed by atoms with Gasteiger partial charge in [-0.15, -0.1) is 29.3 Å². The smallest absolute Gasteiger partial charge is 0.332 e. The topological polar surface area (TPSA) is 260 Å². The Kier molecular flexibility index (Phi) is 95.2. The summed E-state index contributed by atoms with van der Waals surface area (Å²) in [4.78, 5) is 101. The third kappa shape index (κ3) is 66.0. The number of thiocarbonyl (C=S) groups is 1. The third-order valence-corrected chi connectivity index (χ3v) is 11.3. The van der Waals surface area contributed by atoms with Crippen LogP contribution >= 0.6 is 12.2 Å². The van der Waals surface area contributed by atoms with Gasteiger partial charge in [0.15, 0.2) is 0 Å². The minimum absolute atomic E-state index is 0. The Morgan fingerprint density at radius 3 is 1.20 bits per heavy atom. The van der Waals surface area contributed by atoms with Crippen LogP contribution < -0.4 is 0 Å². The third-order valence-electron chi connectivity index (χ3n) is 11.2. The van der Waals surface area contributed by atoms with Crippen LogP contribution in [0, 0.1) is 92.8 Å². The molecule has 1 saturated heterocycles. The molecule has 7 heterocycles. The predicted octanol–water partition coefficient (Wildman–Crippen LogP) is 16.8. The summed E-state index contributed by atoms with van der Waals surface area (Å²) in [5.74, 6) is 3.29. The maximum absolute atomic E-state index is 10.9. The van der Waals surface area contributed by atoms with Gasteiger partial charge in [0.05, 0.1) is 16.5 Å². The molecule has 0 aliphatic carbocycles. The van der Waals surface area contributed by atoms with Crippen molar-refractivity contribution in [2.45, 2.75) is 236 Å². The van der Waals surface area contributed by atoms with E-state index in [9.17, 15) is 19.2 Å². The number of imide groups is 1. The van der Waals surface area contributed by atoms with Crippen LogP contribution in [0.3, 0.4) is 0 Å². The maximum Gasteiger partial charge on any atom is 0.332 e. The van der Waals surface area contributed by atoms with Gasteiger partial charge in [0, 0.05) is 193 Å². The second kappa shape index (κ2) is 82.5. The number of isocyanates is 1. The van der Waals surface area contributed by atoms with E-state index in [1.807, 2.05) is 178 Å². The van der Waals surface area contributed by atoms with E-state index in [2.05, 4.69) is 176 Å². The van der Waals surface area contributed by atoms with Crippen molar-refractivity contribution >= 4 is 52.6 Å². The molecule has 9 rings (SSSR count). The molecule has 0 N–H and O–H groups in total. The molecule has 0 saturated carbocycles. The van der Waals surface area contributed by atoms with Gasteiger partial charge in [-0.2, -0.15) is 33.2 Å². The first kappa shape index (κ1) is 119. The van der Waals surface area contributed by atoms with Crippen molar-refractivity contribution < 1.29 is 150 Å². The fourth-order valence-electron chi connectivity index (χ4n) is 6.70. The van der Waals surface area contributed by atoms with Crippen molar-refractivity contribution in [3.05, 3.63) is 202 Å². The standard InChI is InChI=1S/C9H12N.C8H11N2.C8H7NO.C8H7NS.C8H10N.C7H10N3.C7H9N2.C7H9NO4.C6H8N3.4C2H6.6W/c1-3-4-9-5-6-10-8(2)7-9;1-3-4-8-5-6-9-7(2)10-8;2*1-7-2-4-8(5-3-7)9-6-10;1-3-8-4-5-9-7(2)6-8;1-3-4-7-9-5-8-6(2)10-7;1-3-7-4-5-8-6(2)9-7;1-2-7(11)12-8-5(9)3-4-6(8)10;1-3-6-8-4-7-5(2)9-6;4*1-2;;;;;;/h5,7H,3-4H2,1-2H3;5H,3-4H2,1-2H3;2*2-5H,1H3;4,6H,3H2,1-2H3;3-4H2,1-2H3;4H,3H2,1-2H3;2-4H2,1H3;3H2,1-2H3;4*1-2H3;;;;;;/q2*-1;;;3*-1;;-1;;;;;;;;;;. The van der Waals surface area contributed by atoms with Crippen molar-refractivity contribution in [3.63, 3.8) is 0 Å². The Labute approximate surface area is 709 Å². The molecule has 0 unspecified atom stereocenters. The van der Waals surface area contributed by atoms with Crippen LogP contribution in [0.1, 0.15) is 222 Å². The molecule has 2 aromatic carbocycles. The summed E-state index contributed by atoms with van der Waals surface area (Å²) in [6.45, 7) is 45.6. The van der Waals surface area contributed by atoms with Gasteiger partial charge in [0.2, 0.25) is 6.08 Å². The Bertz CT molecular complexity index is 3130. The predicted molar refractivity (Wildman–Crippen MR) is 391 cm³/mol. The zero-order valence-electron chi connectivity index (χ0n) is 64.7. The number of nitrogens with zero attached hydrogens (tertiary/aromatic N) is 15. The molecule has 6 aromatic heterocycles. The SMILES string of the molecule is CC.CC.CC.CC.CCC(=O)ON1C(=O)CCC1=O.CCCc1c[c-]nc(C)c1.CCCc1c[c-]nc(C)n1.CCCc1n[c-]nc(C)n1.CCc1c[c-]nc(C)c1.CCc1c[c-]nc(C)n1.CCc1n[c-]nc(C)n1.Cc1ccc(N=C=O)cc1.Cc1ccc(N=C=S)cc1.[W].[W].[W].[W].[W].[W]. The van der Waals surface area contributed by atoms with Crippen LogP contribution in [0.4, 0.5) is 11.4 Å². The molecule has 0 bridgehead atoms. The second-order valence-corrected chi connectivity index (χ2v) is 19.3. The number of amides is 2. The molecular weight excluding hydrogens is 2340 g/mol. The summed E-state index contributed by atoms with van der Waals surface area (Å²) in [5, 5.41) is 2.86. The Morgan fingerprint density at radius 2 is 0.854 bits per heavy atom. The molecule has 1 fully saturated rings. The summed E-state index contributed by atoms with van der Waals surface area (Å²) < 4.78 is 0. The number of carbonyl (C=O) groups is 3. The molecule has 564 valence electrons. The minimum Gasteiger partial charge on any atom is -0.391 e. The number of aryl methyl sites for hydroxylation is 14. The van der Waals surface area contributed by atoms with Crippen molar-refractivity contribution in [2.24, 2.45) is 9.98 Å². The average Bonchev–Trinajstić information content (AvgIpc) is 1.31. The monoisotopic (exact) mass is 2450 g/mol. The first-order valence-corrected chi connectivity index (χ1v) is 33.8. The normalized spacial score (nSPS) is 9.21. The molecule has 0 spiro atoms. The molecule has 8 aromatic rings. The van der Waals surface area contributed by atoms with Gasteiger partial charge in [-0.1, -0.05) is 273 Å². The number of pyridine rings is 2. The molecule has 1 aliphatic rings. The minimum atomic E-state index is -0.571. The summed E-state index contributed by atoms with van der Waals surface area (Å²) in [6, 6.07) is 26.9. The van der Waals surface area contributed by atoms with E-state index in [0.29, 0.717) is 10.8 Å². The number of rotatable bonds is 13. The number of hydroxylamine groups is 2. The summed E-state index contributed by atoms with van der Waals surface area (Å²) in [6.07, 6.45) is 27.6. The van der Waals surface area contributed by atoms with E-state index in [1.165, 1.54) is 29.2 Å². The van der Waals surface area contributed by atoms with Gasteiger partial charge in [-0.3, -0.25) is 9.59 Å². The fraction of sp³-hybridized carbons (Fsp3) is 0.461. The van der Waals surface area contributed by atoms with Crippen molar-refractivity contribution in [1.29, 1.82) is 0 Å². The molecule has 20 nitrogen and oxygen atoms in total. The van der Waals surface area contributed by atoms with Crippen molar-refractivity contribution in [2.75, 3.05) is 0 Å². The number of isothiocyanates is 1. The van der Waals surface area contributed by atoms with Crippen LogP contribution in [0.2, 0.25) is 0 Å². The Balaban J connectivity index is -0.000000116. The largest absolute Gasteiger partial charge is 0.391 e. The van der Waals surface area contributed by atoms with Crippen molar-refractivity contribution in [3.8, 4) is 0 Å². The summed E-state index contributed by atoms with van der Waals surface area (Å²) in [5.41, 5.74) is 10.8. The van der Waals surface area contributed by atoms with Gasteiger partial charge in [-0.05, 0) is 63.2 Å². The van der Waals surface area contributed by atoms with Gasteiger partial charge < -0.3 is 64.6 Å².